The molecular formula is C18H40O3P2. The first-order valence-corrected chi connectivity index (χ1v) is 14.0. The summed E-state index contributed by atoms with van der Waals surface area (Å²) in [7, 11) is -3.70. The molecular weight excluding hydrogens is 326 g/mol. The predicted molar refractivity (Wildman–Crippen MR) is 107 cm³/mol. The molecule has 1 unspecified atom stereocenters. The monoisotopic (exact) mass is 366 g/mol. The Kier molecular flexibility index (Phi) is 11.2. The Morgan fingerprint density at radius 2 is 1.17 bits per heavy atom. The van der Waals surface area contributed by atoms with Crippen LogP contribution in [0.25, 0.3) is 0 Å². The van der Waals surface area contributed by atoms with E-state index in [9.17, 15) is 9.46 Å². The molecule has 0 fully saturated rings. The van der Waals surface area contributed by atoms with E-state index in [1.54, 1.807) is 0 Å². The first-order chi connectivity index (χ1) is 10.8. The molecule has 0 bridgehead atoms. The molecule has 1 atom stereocenters. The quantitative estimate of drug-likeness (QED) is 0.317. The summed E-state index contributed by atoms with van der Waals surface area (Å²) in [4.78, 5) is 10.3. The third kappa shape index (κ3) is 7.82. The fraction of sp³-hybridized carbons (Fsp3) is 0.889. The molecule has 3 nitrogen and oxygen atoms in total. The van der Waals surface area contributed by atoms with E-state index >= 15 is 0 Å². The van der Waals surface area contributed by atoms with Crippen LogP contribution in [0.15, 0.2) is 12.4 Å². The molecule has 0 spiro atoms. The van der Waals surface area contributed by atoms with Crippen molar-refractivity contribution in [3.8, 4) is 0 Å². The summed E-state index contributed by atoms with van der Waals surface area (Å²) in [6, 6.07) is 0. The molecule has 0 rings (SSSR count). The maximum absolute atomic E-state index is 12.5. The van der Waals surface area contributed by atoms with Gasteiger partial charge in [-0.3, -0.25) is 0 Å². The summed E-state index contributed by atoms with van der Waals surface area (Å²) in [5.74, 6) is 1.14. The van der Waals surface area contributed by atoms with Crippen LogP contribution in [0, 0.1) is 0 Å². The third-order valence-electron chi connectivity index (χ3n) is 4.89. The molecule has 0 amide bonds. The Balaban J connectivity index is 5.86. The standard InChI is InChI=1S/C18H40O3P2/c1-6-11-15-23(16-12-7-2,17-13-8-3,18-14-9-4)21-22(19,20)10-5/h10H,5-9,11-18H2,1-4H3,(H,19,20). The van der Waals surface area contributed by atoms with E-state index in [0.29, 0.717) is 0 Å². The Bertz CT molecular complexity index is 339. The molecule has 0 aromatic carbocycles. The second-order valence-corrected chi connectivity index (χ2v) is 14.6. The SMILES string of the molecule is C=CP(=O)(O)OP(CCCC)(CCCC)(CCCC)CCCC. The van der Waals surface area contributed by atoms with Gasteiger partial charge < -0.3 is 0 Å². The van der Waals surface area contributed by atoms with Crippen LogP contribution < -0.4 is 0 Å². The van der Waals surface area contributed by atoms with E-state index in [2.05, 4.69) is 34.3 Å². The van der Waals surface area contributed by atoms with Gasteiger partial charge in [-0.25, -0.2) is 0 Å². The minimum atomic E-state index is -3.70. The summed E-state index contributed by atoms with van der Waals surface area (Å²) >= 11 is 0. The van der Waals surface area contributed by atoms with E-state index < -0.39 is 14.4 Å². The van der Waals surface area contributed by atoms with Crippen molar-refractivity contribution < 1.29 is 13.8 Å². The Labute approximate surface area is 144 Å². The van der Waals surface area contributed by atoms with Gasteiger partial charge in [-0.1, -0.05) is 0 Å². The molecule has 1 N–H and O–H groups in total. The zero-order chi connectivity index (χ0) is 17.8. The fourth-order valence-electron chi connectivity index (χ4n) is 3.43. The molecule has 0 radical (unpaired) electrons. The number of hydrogen-bond acceptors (Lipinski definition) is 2. The summed E-state index contributed by atoms with van der Waals surface area (Å²) < 4.78 is 18.8. The van der Waals surface area contributed by atoms with Gasteiger partial charge in [-0.05, 0) is 0 Å². The van der Waals surface area contributed by atoms with Gasteiger partial charge in [0.2, 0.25) is 0 Å². The molecule has 140 valence electrons. The van der Waals surface area contributed by atoms with Crippen LogP contribution in [-0.2, 0) is 8.88 Å². The van der Waals surface area contributed by atoms with Gasteiger partial charge >= 0.3 is 144 Å². The van der Waals surface area contributed by atoms with Crippen molar-refractivity contribution in [1.29, 1.82) is 0 Å². The topological polar surface area (TPSA) is 46.5 Å². The zero-order valence-corrected chi connectivity index (χ0v) is 17.7. The molecule has 0 aromatic heterocycles. The summed E-state index contributed by atoms with van der Waals surface area (Å²) in [6.45, 7) is 9.65. The van der Waals surface area contributed by atoms with Gasteiger partial charge in [-0.2, -0.15) is 0 Å². The second kappa shape index (κ2) is 11.0. The van der Waals surface area contributed by atoms with Crippen molar-refractivity contribution in [3.63, 3.8) is 0 Å². The van der Waals surface area contributed by atoms with Gasteiger partial charge in [0.1, 0.15) is 0 Å². The molecule has 0 aromatic rings. The zero-order valence-electron chi connectivity index (χ0n) is 15.9. The van der Waals surface area contributed by atoms with E-state index in [4.69, 9.17) is 4.31 Å². The Morgan fingerprint density at radius 1 is 0.870 bits per heavy atom. The number of rotatable bonds is 15. The van der Waals surface area contributed by atoms with E-state index in [0.717, 1.165) is 81.8 Å². The van der Waals surface area contributed by atoms with Gasteiger partial charge in [-0.15, -0.1) is 0 Å². The van der Waals surface area contributed by atoms with Crippen LogP contribution in [-0.4, -0.2) is 29.5 Å². The molecule has 0 aliphatic carbocycles. The third-order valence-corrected chi connectivity index (χ3v) is 13.9. The van der Waals surface area contributed by atoms with Crippen LogP contribution in [0.3, 0.4) is 0 Å². The van der Waals surface area contributed by atoms with E-state index in [1.165, 1.54) is 0 Å². The second-order valence-electron chi connectivity index (χ2n) is 7.00. The number of hydrogen-bond donors (Lipinski definition) is 1. The van der Waals surface area contributed by atoms with Crippen molar-refractivity contribution in [2.75, 3.05) is 24.6 Å². The number of unbranched alkanes of at least 4 members (excludes halogenated alkanes) is 4. The van der Waals surface area contributed by atoms with Crippen molar-refractivity contribution in [1.82, 2.24) is 0 Å². The van der Waals surface area contributed by atoms with Crippen molar-refractivity contribution in [3.05, 3.63) is 12.4 Å². The molecule has 0 heterocycles. The van der Waals surface area contributed by atoms with Crippen molar-refractivity contribution in [2.24, 2.45) is 0 Å². The van der Waals surface area contributed by atoms with Gasteiger partial charge in [0.25, 0.3) is 0 Å². The van der Waals surface area contributed by atoms with Gasteiger partial charge in [0.15, 0.2) is 0 Å². The summed E-state index contributed by atoms with van der Waals surface area (Å²) in [5, 5.41) is 0. The van der Waals surface area contributed by atoms with Crippen molar-refractivity contribution >= 4 is 14.4 Å². The first kappa shape index (κ1) is 23.3. The van der Waals surface area contributed by atoms with E-state index in [-0.39, 0.29) is 0 Å². The molecule has 0 saturated carbocycles. The molecule has 5 heteroatoms. The van der Waals surface area contributed by atoms with Crippen LogP contribution in [0.5, 0.6) is 0 Å². The predicted octanol–water partition coefficient (Wildman–Crippen LogP) is 7.00. The normalized spacial score (nSPS) is 16.5. The van der Waals surface area contributed by atoms with Crippen LogP contribution in [0.2, 0.25) is 0 Å². The van der Waals surface area contributed by atoms with Gasteiger partial charge in [0.05, 0.1) is 0 Å². The van der Waals surface area contributed by atoms with Crippen molar-refractivity contribution in [2.45, 2.75) is 79.1 Å². The van der Waals surface area contributed by atoms with Crippen LogP contribution in [0.1, 0.15) is 79.1 Å². The maximum atomic E-state index is 12.5. The van der Waals surface area contributed by atoms with Crippen LogP contribution in [0.4, 0.5) is 0 Å². The van der Waals surface area contributed by atoms with Gasteiger partial charge in [0, 0.05) is 0 Å². The average Bonchev–Trinajstić information content (AvgIpc) is 2.55. The molecule has 0 aliphatic heterocycles. The fourth-order valence-corrected chi connectivity index (χ4v) is 13.5. The average molecular weight is 366 g/mol. The van der Waals surface area contributed by atoms with Crippen LogP contribution >= 0.6 is 14.4 Å². The molecule has 23 heavy (non-hydrogen) atoms. The summed E-state index contributed by atoms with van der Waals surface area (Å²) in [5.41, 5.74) is 0. The van der Waals surface area contributed by atoms with E-state index in [1.807, 2.05) is 0 Å². The first-order valence-electron chi connectivity index (χ1n) is 9.51. The molecule has 0 saturated heterocycles. The Morgan fingerprint density at radius 3 is 1.39 bits per heavy atom. The summed E-state index contributed by atoms with van der Waals surface area (Å²) in [6.07, 6.45) is 12.8. The minimum absolute atomic E-state index is 1.00. The Hall–Kier alpha value is 0.320. The molecule has 0 aliphatic rings.